The van der Waals surface area contributed by atoms with Gasteiger partial charge in [-0.1, -0.05) is 0 Å². The fourth-order valence-corrected chi connectivity index (χ4v) is 2.55. The molecular weight excluding hydrogens is 309 g/mol. The number of hydrogen-bond donors (Lipinski definition) is 3. The van der Waals surface area contributed by atoms with E-state index in [9.17, 15) is 24.3 Å². The van der Waals surface area contributed by atoms with Crippen molar-refractivity contribution in [2.24, 2.45) is 0 Å². The lowest BCUT2D eigenvalue weighted by atomic mass is 10.1. The molecule has 21 heavy (non-hydrogen) atoms. The maximum atomic E-state index is 11.7. The number of aromatic nitrogens is 2. The Morgan fingerprint density at radius 1 is 1.57 bits per heavy atom. The SMILES string of the molecule is Nc1ccn([C@@H]2O[C@H](CO)[C@H](OP(=O)([O-])[O-])C2O)c(=O)n1. The van der Waals surface area contributed by atoms with Crippen molar-refractivity contribution in [3.05, 3.63) is 22.7 Å². The summed E-state index contributed by atoms with van der Waals surface area (Å²) in [5.74, 6) is -0.0566. The summed E-state index contributed by atoms with van der Waals surface area (Å²) in [4.78, 5) is 36.4. The number of aliphatic hydroxyl groups is 2. The Morgan fingerprint density at radius 2 is 2.24 bits per heavy atom. The minimum atomic E-state index is -5.41. The maximum absolute atomic E-state index is 11.7. The molecule has 1 saturated heterocycles. The molecule has 0 amide bonds. The molecule has 0 bridgehead atoms. The average Bonchev–Trinajstić information content (AvgIpc) is 2.65. The van der Waals surface area contributed by atoms with Crippen LogP contribution in [0.3, 0.4) is 0 Å². The number of phosphoric acid groups is 1. The molecule has 4 N–H and O–H groups in total. The Labute approximate surface area is 117 Å². The van der Waals surface area contributed by atoms with Crippen molar-refractivity contribution in [2.45, 2.75) is 24.5 Å². The summed E-state index contributed by atoms with van der Waals surface area (Å²) in [6.45, 7) is -0.727. The van der Waals surface area contributed by atoms with Gasteiger partial charge in [-0.05, 0) is 6.07 Å². The largest absolute Gasteiger partial charge is 0.790 e. The van der Waals surface area contributed by atoms with Crippen molar-refractivity contribution in [3.63, 3.8) is 0 Å². The van der Waals surface area contributed by atoms with Crippen molar-refractivity contribution >= 4 is 13.6 Å². The zero-order valence-electron chi connectivity index (χ0n) is 10.4. The standard InChI is InChI=1S/C9H14N3O8P/c10-5-1-2-12(9(15)11-5)8-6(14)7(4(3-13)19-8)20-21(16,17)18/h1-2,4,6-8,13-14H,3H2,(H2,10,11,15)(H2,16,17,18)/p-2/t4-,6?,7+,8-/m1/s1. The highest BCUT2D eigenvalue weighted by molar-refractivity contribution is 7.43. The summed E-state index contributed by atoms with van der Waals surface area (Å²) in [5.41, 5.74) is 4.46. The molecular formula is C9H12N3O8P-2. The minimum absolute atomic E-state index is 0.0566. The first-order valence-electron chi connectivity index (χ1n) is 5.72. The molecule has 1 aliphatic heterocycles. The minimum Gasteiger partial charge on any atom is -0.790 e. The van der Waals surface area contributed by atoms with E-state index in [-0.39, 0.29) is 5.82 Å². The third-order valence-electron chi connectivity index (χ3n) is 2.87. The van der Waals surface area contributed by atoms with E-state index in [2.05, 4.69) is 9.51 Å². The van der Waals surface area contributed by atoms with Crippen LogP contribution in [-0.2, 0) is 13.8 Å². The van der Waals surface area contributed by atoms with E-state index >= 15 is 0 Å². The smallest absolute Gasteiger partial charge is 0.351 e. The lowest BCUT2D eigenvalue weighted by Gasteiger charge is -2.34. The fourth-order valence-electron chi connectivity index (χ4n) is 2.00. The highest BCUT2D eigenvalue weighted by Crippen LogP contribution is 2.38. The molecule has 1 aliphatic rings. The van der Waals surface area contributed by atoms with Crippen molar-refractivity contribution in [1.29, 1.82) is 0 Å². The third-order valence-corrected chi connectivity index (χ3v) is 3.37. The van der Waals surface area contributed by atoms with Crippen molar-refractivity contribution in [3.8, 4) is 0 Å². The van der Waals surface area contributed by atoms with Gasteiger partial charge in [0.1, 0.15) is 24.1 Å². The lowest BCUT2D eigenvalue weighted by Crippen LogP contribution is -2.39. The summed E-state index contributed by atoms with van der Waals surface area (Å²) in [7, 11) is -5.41. The van der Waals surface area contributed by atoms with Crippen LogP contribution in [0.2, 0.25) is 0 Å². The zero-order valence-corrected chi connectivity index (χ0v) is 11.3. The van der Waals surface area contributed by atoms with E-state index in [0.29, 0.717) is 0 Å². The van der Waals surface area contributed by atoms with Crippen LogP contribution in [0.4, 0.5) is 5.82 Å². The number of phosphoric ester groups is 1. The highest BCUT2D eigenvalue weighted by atomic mass is 31.2. The molecule has 118 valence electrons. The maximum Gasteiger partial charge on any atom is 0.351 e. The number of rotatable bonds is 4. The number of nitrogens with zero attached hydrogens (tertiary/aromatic N) is 2. The van der Waals surface area contributed by atoms with E-state index in [1.54, 1.807) is 0 Å². The van der Waals surface area contributed by atoms with Crippen LogP contribution in [0.25, 0.3) is 0 Å². The average molecular weight is 321 g/mol. The van der Waals surface area contributed by atoms with Crippen LogP contribution in [0.5, 0.6) is 0 Å². The summed E-state index contributed by atoms with van der Waals surface area (Å²) in [5, 5.41) is 19.1. The van der Waals surface area contributed by atoms with Crippen LogP contribution >= 0.6 is 7.82 Å². The predicted octanol–water partition coefficient (Wildman–Crippen LogP) is -3.71. The fraction of sp³-hybridized carbons (Fsp3) is 0.556. The molecule has 2 rings (SSSR count). The Balaban J connectivity index is 2.31. The van der Waals surface area contributed by atoms with Gasteiger partial charge in [-0.3, -0.25) is 4.57 Å². The Kier molecular flexibility index (Phi) is 4.44. The predicted molar refractivity (Wildman–Crippen MR) is 62.4 cm³/mol. The number of nitrogen functional groups attached to an aromatic ring is 1. The quantitative estimate of drug-likeness (QED) is 0.466. The Morgan fingerprint density at radius 3 is 2.76 bits per heavy atom. The topological polar surface area (TPSA) is 183 Å². The molecule has 1 aromatic heterocycles. The van der Waals surface area contributed by atoms with E-state index in [1.807, 2.05) is 0 Å². The van der Waals surface area contributed by atoms with Crippen molar-refractivity contribution in [2.75, 3.05) is 12.3 Å². The molecule has 4 atom stereocenters. The molecule has 1 unspecified atom stereocenters. The summed E-state index contributed by atoms with van der Waals surface area (Å²) >= 11 is 0. The van der Waals surface area contributed by atoms with Crippen molar-refractivity contribution < 1.29 is 33.8 Å². The molecule has 0 aromatic carbocycles. The van der Waals surface area contributed by atoms with Crippen LogP contribution in [0, 0.1) is 0 Å². The van der Waals surface area contributed by atoms with Crippen LogP contribution < -0.4 is 21.2 Å². The van der Waals surface area contributed by atoms with E-state index in [4.69, 9.17) is 15.6 Å². The third kappa shape index (κ3) is 3.47. The number of hydrogen-bond acceptors (Lipinski definition) is 10. The van der Waals surface area contributed by atoms with Crippen LogP contribution in [0.1, 0.15) is 6.23 Å². The second kappa shape index (κ2) is 5.81. The van der Waals surface area contributed by atoms with Gasteiger partial charge in [-0.15, -0.1) is 0 Å². The number of aliphatic hydroxyl groups excluding tert-OH is 2. The van der Waals surface area contributed by atoms with Gasteiger partial charge in [0.15, 0.2) is 6.23 Å². The molecule has 12 heteroatoms. The first-order valence-corrected chi connectivity index (χ1v) is 7.18. The van der Waals surface area contributed by atoms with E-state index < -0.39 is 44.7 Å². The Hall–Kier alpha value is -1.33. The zero-order chi connectivity index (χ0) is 15.8. The number of anilines is 1. The monoisotopic (exact) mass is 321 g/mol. The first-order chi connectivity index (χ1) is 9.73. The van der Waals surface area contributed by atoms with Gasteiger partial charge < -0.3 is 39.6 Å². The molecule has 11 nitrogen and oxygen atoms in total. The molecule has 1 fully saturated rings. The summed E-state index contributed by atoms with van der Waals surface area (Å²) in [6.07, 6.45) is -4.82. The normalized spacial score (nSPS) is 29.7. The van der Waals surface area contributed by atoms with Gasteiger partial charge in [-0.2, -0.15) is 4.98 Å². The molecule has 0 radical (unpaired) electrons. The van der Waals surface area contributed by atoms with Crippen LogP contribution in [0.15, 0.2) is 17.1 Å². The van der Waals surface area contributed by atoms with Gasteiger partial charge >= 0.3 is 5.69 Å². The van der Waals surface area contributed by atoms with E-state index in [0.717, 1.165) is 4.57 Å². The van der Waals surface area contributed by atoms with Gasteiger partial charge in [0.2, 0.25) is 0 Å². The highest BCUT2D eigenvalue weighted by Gasteiger charge is 2.46. The first kappa shape index (κ1) is 16.0. The van der Waals surface area contributed by atoms with Crippen LogP contribution in [-0.4, -0.2) is 44.7 Å². The number of ether oxygens (including phenoxy) is 1. The number of nitrogens with two attached hydrogens (primary N) is 1. The van der Waals surface area contributed by atoms with Crippen molar-refractivity contribution in [1.82, 2.24) is 9.55 Å². The summed E-state index contributed by atoms with van der Waals surface area (Å²) < 4.78 is 20.8. The molecule has 0 spiro atoms. The Bertz CT molecular complexity index is 615. The molecule has 0 aliphatic carbocycles. The van der Waals surface area contributed by atoms with Gasteiger partial charge in [0, 0.05) is 6.20 Å². The lowest BCUT2D eigenvalue weighted by molar-refractivity contribution is -0.347. The molecule has 1 aromatic rings. The van der Waals surface area contributed by atoms with E-state index in [1.165, 1.54) is 12.3 Å². The van der Waals surface area contributed by atoms with Gasteiger partial charge in [-0.25, -0.2) is 4.79 Å². The molecule has 0 saturated carbocycles. The second-order valence-electron chi connectivity index (χ2n) is 4.30. The summed E-state index contributed by atoms with van der Waals surface area (Å²) in [6, 6.07) is 1.26. The van der Waals surface area contributed by atoms with Gasteiger partial charge in [0.05, 0.1) is 14.4 Å². The van der Waals surface area contributed by atoms with Gasteiger partial charge in [0.25, 0.3) is 0 Å². The molecule has 2 heterocycles. The second-order valence-corrected chi connectivity index (χ2v) is 5.40.